The van der Waals surface area contributed by atoms with E-state index in [4.69, 9.17) is 10.5 Å². The predicted molar refractivity (Wildman–Crippen MR) is 106 cm³/mol. The minimum Gasteiger partial charge on any atom is -0.449 e. The molecule has 2 aromatic rings. The number of amides is 1. The molecule has 0 bridgehead atoms. The lowest BCUT2D eigenvalue weighted by atomic mass is 9.92. The summed E-state index contributed by atoms with van der Waals surface area (Å²) in [7, 11) is 0. The number of halogens is 1. The number of nitrogens with two attached hydrogens (primary N) is 1. The zero-order chi connectivity index (χ0) is 17.2. The topological polar surface area (TPSA) is 64.3 Å². The van der Waals surface area contributed by atoms with E-state index in [-0.39, 0.29) is 36.5 Å². The summed E-state index contributed by atoms with van der Waals surface area (Å²) in [5.74, 6) is 0.109. The van der Waals surface area contributed by atoms with Crippen molar-refractivity contribution in [2.75, 3.05) is 6.61 Å². The quantitative estimate of drug-likeness (QED) is 0.847. The van der Waals surface area contributed by atoms with Crippen LogP contribution in [0.5, 0.6) is 0 Å². The van der Waals surface area contributed by atoms with Crippen LogP contribution in [0.3, 0.4) is 0 Å². The van der Waals surface area contributed by atoms with Gasteiger partial charge in [-0.15, -0.1) is 12.4 Å². The van der Waals surface area contributed by atoms with E-state index in [0.29, 0.717) is 6.61 Å². The van der Waals surface area contributed by atoms with Crippen LogP contribution in [-0.2, 0) is 4.74 Å². The molecular formula is C21H25ClN2O2. The number of nitrogens with one attached hydrogen (secondary N) is 1. The molecule has 3 N–H and O–H groups in total. The van der Waals surface area contributed by atoms with Crippen molar-refractivity contribution in [1.82, 2.24) is 5.32 Å². The standard InChI is InChI=1S/C21H24N2O2.ClH/c22-14-9-11-15(12-10-14)23-21(24)25-13-20-18-7-3-1-5-16(18)17-6-2-4-8-19(17)20;/h1-8,14-15,20H,9-13,22H2,(H,23,24);1H/t14-,15+;. The number of fused-ring (bicyclic) bond motifs is 3. The lowest BCUT2D eigenvalue weighted by Crippen LogP contribution is -2.41. The molecule has 2 aliphatic rings. The summed E-state index contributed by atoms with van der Waals surface area (Å²) < 4.78 is 5.59. The van der Waals surface area contributed by atoms with Gasteiger partial charge in [-0.1, -0.05) is 48.5 Å². The molecule has 0 atom stereocenters. The van der Waals surface area contributed by atoms with Crippen molar-refractivity contribution in [3.8, 4) is 11.1 Å². The van der Waals surface area contributed by atoms with Crippen LogP contribution in [0.1, 0.15) is 42.7 Å². The summed E-state index contributed by atoms with van der Waals surface area (Å²) in [6, 6.07) is 17.2. The Hall–Kier alpha value is -2.04. The molecule has 1 saturated carbocycles. The normalized spacial score (nSPS) is 21.3. The van der Waals surface area contributed by atoms with Gasteiger partial charge in [0.1, 0.15) is 6.61 Å². The second-order valence-corrected chi connectivity index (χ2v) is 7.08. The molecule has 2 aliphatic carbocycles. The molecule has 0 spiro atoms. The Kier molecular flexibility index (Phi) is 5.84. The lowest BCUT2D eigenvalue weighted by molar-refractivity contribution is 0.136. The molecule has 0 aromatic heterocycles. The van der Waals surface area contributed by atoms with Crippen LogP contribution in [0, 0.1) is 0 Å². The number of hydrogen-bond acceptors (Lipinski definition) is 3. The van der Waals surface area contributed by atoms with Crippen molar-refractivity contribution in [2.24, 2.45) is 5.73 Å². The fraction of sp³-hybridized carbons (Fsp3) is 0.381. The van der Waals surface area contributed by atoms with Crippen LogP contribution >= 0.6 is 12.4 Å². The molecule has 0 heterocycles. The first kappa shape index (κ1) is 18.7. The first-order valence-corrected chi connectivity index (χ1v) is 9.09. The molecule has 5 heteroatoms. The Labute approximate surface area is 160 Å². The molecule has 1 amide bonds. The van der Waals surface area contributed by atoms with Crippen LogP contribution in [0.2, 0.25) is 0 Å². The third-order valence-corrected chi connectivity index (χ3v) is 5.44. The van der Waals surface area contributed by atoms with Gasteiger partial charge >= 0.3 is 6.09 Å². The van der Waals surface area contributed by atoms with E-state index in [1.165, 1.54) is 22.3 Å². The molecule has 2 aromatic carbocycles. The summed E-state index contributed by atoms with van der Waals surface area (Å²) in [6.07, 6.45) is 3.49. The van der Waals surface area contributed by atoms with Gasteiger partial charge in [0.25, 0.3) is 0 Å². The van der Waals surface area contributed by atoms with Gasteiger partial charge in [0, 0.05) is 18.0 Å². The van der Waals surface area contributed by atoms with Crippen LogP contribution in [0.25, 0.3) is 11.1 Å². The van der Waals surface area contributed by atoms with Crippen molar-refractivity contribution in [3.63, 3.8) is 0 Å². The van der Waals surface area contributed by atoms with Crippen LogP contribution < -0.4 is 11.1 Å². The molecule has 4 nitrogen and oxygen atoms in total. The zero-order valence-electron chi connectivity index (χ0n) is 14.7. The van der Waals surface area contributed by atoms with E-state index in [9.17, 15) is 4.79 Å². The van der Waals surface area contributed by atoms with Crippen molar-refractivity contribution in [3.05, 3.63) is 59.7 Å². The second kappa shape index (κ2) is 8.11. The van der Waals surface area contributed by atoms with E-state index in [2.05, 4.69) is 41.7 Å². The van der Waals surface area contributed by atoms with Gasteiger partial charge in [-0.05, 0) is 47.9 Å². The monoisotopic (exact) mass is 372 g/mol. The van der Waals surface area contributed by atoms with Crippen molar-refractivity contribution < 1.29 is 9.53 Å². The van der Waals surface area contributed by atoms with Crippen molar-refractivity contribution in [2.45, 2.75) is 43.7 Å². The van der Waals surface area contributed by atoms with Crippen molar-refractivity contribution in [1.29, 1.82) is 0 Å². The average Bonchev–Trinajstić information content (AvgIpc) is 2.96. The third-order valence-electron chi connectivity index (χ3n) is 5.44. The number of carbonyl (C=O) groups is 1. The lowest BCUT2D eigenvalue weighted by Gasteiger charge is -2.26. The average molecular weight is 373 g/mol. The van der Waals surface area contributed by atoms with Gasteiger partial charge in [-0.2, -0.15) is 0 Å². The Bertz CT molecular complexity index is 727. The number of carbonyl (C=O) groups excluding carboxylic acids is 1. The van der Waals surface area contributed by atoms with Crippen molar-refractivity contribution >= 4 is 18.5 Å². The molecule has 138 valence electrons. The number of rotatable bonds is 3. The summed E-state index contributed by atoms with van der Waals surface area (Å²) in [5, 5.41) is 2.99. The largest absolute Gasteiger partial charge is 0.449 e. The molecular weight excluding hydrogens is 348 g/mol. The maximum atomic E-state index is 12.2. The molecule has 0 aliphatic heterocycles. The Morgan fingerprint density at radius 3 is 2.08 bits per heavy atom. The molecule has 0 saturated heterocycles. The first-order chi connectivity index (χ1) is 12.2. The molecule has 0 radical (unpaired) electrons. The van der Waals surface area contributed by atoms with E-state index in [0.717, 1.165) is 25.7 Å². The van der Waals surface area contributed by atoms with Crippen LogP contribution in [0.15, 0.2) is 48.5 Å². The maximum absolute atomic E-state index is 12.2. The Morgan fingerprint density at radius 1 is 0.962 bits per heavy atom. The molecule has 1 fully saturated rings. The number of alkyl carbamates (subject to hydrolysis) is 1. The smallest absolute Gasteiger partial charge is 0.407 e. The van der Waals surface area contributed by atoms with Gasteiger partial charge in [-0.25, -0.2) is 4.79 Å². The molecule has 0 unspecified atom stereocenters. The van der Waals surface area contributed by atoms with Gasteiger partial charge < -0.3 is 15.8 Å². The second-order valence-electron chi connectivity index (χ2n) is 7.08. The number of hydrogen-bond donors (Lipinski definition) is 2. The number of benzene rings is 2. The maximum Gasteiger partial charge on any atom is 0.407 e. The summed E-state index contributed by atoms with van der Waals surface area (Å²) >= 11 is 0. The fourth-order valence-electron chi connectivity index (χ4n) is 4.07. The highest BCUT2D eigenvalue weighted by Crippen LogP contribution is 2.44. The Morgan fingerprint density at radius 2 is 1.50 bits per heavy atom. The highest BCUT2D eigenvalue weighted by Gasteiger charge is 2.29. The van der Waals surface area contributed by atoms with Crippen LogP contribution in [-0.4, -0.2) is 24.8 Å². The van der Waals surface area contributed by atoms with E-state index >= 15 is 0 Å². The number of ether oxygens (including phenoxy) is 1. The van der Waals surface area contributed by atoms with Gasteiger partial charge in [0.05, 0.1) is 0 Å². The summed E-state index contributed by atoms with van der Waals surface area (Å²) in [5.41, 5.74) is 10.9. The summed E-state index contributed by atoms with van der Waals surface area (Å²) in [6.45, 7) is 0.367. The predicted octanol–water partition coefficient (Wildman–Crippen LogP) is 4.22. The highest BCUT2D eigenvalue weighted by molar-refractivity contribution is 5.85. The van der Waals surface area contributed by atoms with Gasteiger partial charge in [0.15, 0.2) is 0 Å². The highest BCUT2D eigenvalue weighted by atomic mass is 35.5. The minimum absolute atomic E-state index is 0. The zero-order valence-corrected chi connectivity index (χ0v) is 15.5. The molecule has 4 rings (SSSR count). The van der Waals surface area contributed by atoms with Crippen LogP contribution in [0.4, 0.5) is 4.79 Å². The van der Waals surface area contributed by atoms with Gasteiger partial charge in [-0.3, -0.25) is 0 Å². The van der Waals surface area contributed by atoms with E-state index in [1.54, 1.807) is 0 Å². The fourth-order valence-corrected chi connectivity index (χ4v) is 4.07. The minimum atomic E-state index is -0.317. The van der Waals surface area contributed by atoms with E-state index < -0.39 is 0 Å². The SMILES string of the molecule is Cl.N[C@H]1CC[C@@H](NC(=O)OCC2c3ccccc3-c3ccccc32)CC1. The van der Waals surface area contributed by atoms with E-state index in [1.807, 2.05) is 12.1 Å². The molecule has 26 heavy (non-hydrogen) atoms. The van der Waals surface area contributed by atoms with Gasteiger partial charge in [0.2, 0.25) is 0 Å². The Balaban J connectivity index is 0.00000196. The third kappa shape index (κ3) is 3.71. The summed E-state index contributed by atoms with van der Waals surface area (Å²) in [4.78, 5) is 12.2. The first-order valence-electron chi connectivity index (χ1n) is 9.09.